The highest BCUT2D eigenvalue weighted by atomic mass is 14.9. The van der Waals surface area contributed by atoms with Crippen molar-refractivity contribution in [2.75, 3.05) is 0 Å². The molecule has 0 fully saturated rings. The fraction of sp³-hybridized carbons (Fsp3) is 0. The lowest BCUT2D eigenvalue weighted by Crippen LogP contribution is -1.97. The molecular weight excluding hydrogens is 462 g/mol. The lowest BCUT2D eigenvalue weighted by Gasteiger charge is -2.13. The van der Waals surface area contributed by atoms with Crippen molar-refractivity contribution in [2.45, 2.75) is 0 Å². The second-order valence-corrected chi connectivity index (χ2v) is 9.02. The van der Waals surface area contributed by atoms with Gasteiger partial charge in [0.15, 0.2) is 11.5 Å². The van der Waals surface area contributed by atoms with Gasteiger partial charge in [-0.1, -0.05) is 109 Å². The normalized spacial score (nSPS) is 10.6. The van der Waals surface area contributed by atoms with Gasteiger partial charge in [0.2, 0.25) is 0 Å². The van der Waals surface area contributed by atoms with Crippen LogP contribution >= 0.6 is 0 Å². The van der Waals surface area contributed by atoms with Crippen molar-refractivity contribution in [3.8, 4) is 56.2 Å². The molecule has 1 aromatic heterocycles. The Hall–Kier alpha value is -5.33. The SMILES string of the molecule is [C-]#[N+]c1cccc(-c2cc(-c3ccccc3)nc(-c3cc(-c4ccccc4)cc(-c4ccccc4)c3)n2)c1. The molecule has 0 aliphatic rings. The molecule has 6 rings (SSSR count). The van der Waals surface area contributed by atoms with Gasteiger partial charge in [-0.3, -0.25) is 0 Å². The maximum Gasteiger partial charge on any atom is 0.187 e. The lowest BCUT2D eigenvalue weighted by atomic mass is 9.95. The Bertz CT molecular complexity index is 1700. The van der Waals surface area contributed by atoms with E-state index in [2.05, 4.69) is 83.7 Å². The third-order valence-electron chi connectivity index (χ3n) is 6.47. The van der Waals surface area contributed by atoms with Gasteiger partial charge < -0.3 is 0 Å². The zero-order valence-electron chi connectivity index (χ0n) is 20.6. The van der Waals surface area contributed by atoms with Crippen LogP contribution in [-0.2, 0) is 0 Å². The van der Waals surface area contributed by atoms with E-state index in [9.17, 15) is 0 Å². The first kappa shape index (κ1) is 23.1. The number of nitrogens with zero attached hydrogens (tertiary/aromatic N) is 3. The van der Waals surface area contributed by atoms with Crippen LogP contribution in [0.4, 0.5) is 5.69 Å². The monoisotopic (exact) mass is 485 g/mol. The van der Waals surface area contributed by atoms with E-state index in [1.807, 2.05) is 60.7 Å². The third kappa shape index (κ3) is 4.84. The molecule has 3 heteroatoms. The Kier molecular flexibility index (Phi) is 6.28. The van der Waals surface area contributed by atoms with Gasteiger partial charge in [0.25, 0.3) is 0 Å². The first-order chi connectivity index (χ1) is 18.8. The van der Waals surface area contributed by atoms with Gasteiger partial charge in [-0.25, -0.2) is 14.8 Å². The number of aromatic nitrogens is 2. The molecule has 0 spiro atoms. The Balaban J connectivity index is 1.59. The van der Waals surface area contributed by atoms with Crippen molar-refractivity contribution in [2.24, 2.45) is 0 Å². The third-order valence-corrected chi connectivity index (χ3v) is 6.47. The summed E-state index contributed by atoms with van der Waals surface area (Å²) in [4.78, 5) is 13.7. The van der Waals surface area contributed by atoms with Crippen molar-refractivity contribution in [1.29, 1.82) is 0 Å². The first-order valence-corrected chi connectivity index (χ1v) is 12.5. The highest BCUT2D eigenvalue weighted by Gasteiger charge is 2.14. The molecule has 0 unspecified atom stereocenters. The minimum Gasteiger partial charge on any atom is -0.238 e. The van der Waals surface area contributed by atoms with E-state index in [4.69, 9.17) is 16.5 Å². The van der Waals surface area contributed by atoms with Crippen LogP contribution < -0.4 is 0 Å². The van der Waals surface area contributed by atoms with Gasteiger partial charge in [0.1, 0.15) is 0 Å². The summed E-state index contributed by atoms with van der Waals surface area (Å²) >= 11 is 0. The van der Waals surface area contributed by atoms with E-state index in [0.717, 1.165) is 50.3 Å². The van der Waals surface area contributed by atoms with Gasteiger partial charge in [-0.15, -0.1) is 0 Å². The summed E-state index contributed by atoms with van der Waals surface area (Å²) in [6.07, 6.45) is 0. The maximum absolute atomic E-state index is 7.46. The molecule has 0 aliphatic heterocycles. The lowest BCUT2D eigenvalue weighted by molar-refractivity contribution is 1.18. The second-order valence-electron chi connectivity index (χ2n) is 9.02. The fourth-order valence-corrected chi connectivity index (χ4v) is 4.57. The summed E-state index contributed by atoms with van der Waals surface area (Å²) in [6.45, 7) is 7.46. The molecule has 0 saturated heterocycles. The van der Waals surface area contributed by atoms with Crippen molar-refractivity contribution in [3.63, 3.8) is 0 Å². The molecule has 3 nitrogen and oxygen atoms in total. The Labute approximate surface area is 222 Å². The minimum absolute atomic E-state index is 0.585. The molecule has 0 amide bonds. The Morgan fingerprint density at radius 1 is 0.395 bits per heavy atom. The topological polar surface area (TPSA) is 30.1 Å². The molecule has 0 bridgehead atoms. The molecule has 38 heavy (non-hydrogen) atoms. The summed E-state index contributed by atoms with van der Waals surface area (Å²) in [5.74, 6) is 0.643. The van der Waals surface area contributed by atoms with E-state index in [0.29, 0.717) is 11.5 Å². The first-order valence-electron chi connectivity index (χ1n) is 12.5. The van der Waals surface area contributed by atoms with Crippen LogP contribution in [-0.4, -0.2) is 9.97 Å². The van der Waals surface area contributed by atoms with Gasteiger partial charge in [-0.05, 0) is 58.1 Å². The number of hydrogen-bond acceptors (Lipinski definition) is 2. The smallest absolute Gasteiger partial charge is 0.187 e. The number of rotatable bonds is 5. The van der Waals surface area contributed by atoms with Crippen LogP contribution in [0, 0.1) is 6.57 Å². The van der Waals surface area contributed by atoms with E-state index >= 15 is 0 Å². The van der Waals surface area contributed by atoms with E-state index in [1.54, 1.807) is 0 Å². The predicted octanol–water partition coefficient (Wildman–Crippen LogP) is 9.36. The van der Waals surface area contributed by atoms with Crippen molar-refractivity contribution in [3.05, 3.63) is 151 Å². The molecular formula is C35H23N3. The number of hydrogen-bond donors (Lipinski definition) is 0. The van der Waals surface area contributed by atoms with Gasteiger partial charge in [0, 0.05) is 11.1 Å². The molecule has 0 atom stereocenters. The summed E-state index contributed by atoms with van der Waals surface area (Å²) in [5.41, 5.74) is 9.52. The van der Waals surface area contributed by atoms with E-state index < -0.39 is 0 Å². The van der Waals surface area contributed by atoms with E-state index in [-0.39, 0.29) is 0 Å². The highest BCUT2D eigenvalue weighted by molar-refractivity contribution is 5.81. The van der Waals surface area contributed by atoms with E-state index in [1.165, 1.54) is 0 Å². The van der Waals surface area contributed by atoms with Crippen LogP contribution in [0.25, 0.3) is 61.0 Å². The van der Waals surface area contributed by atoms with Crippen molar-refractivity contribution >= 4 is 5.69 Å². The molecule has 5 aromatic carbocycles. The quantitative estimate of drug-likeness (QED) is 0.228. The van der Waals surface area contributed by atoms with Crippen LogP contribution in [0.5, 0.6) is 0 Å². The standard InChI is InChI=1S/C35H23N3/c1-36-32-19-11-18-28(23-32)34-24-33(27-16-9-4-10-17-27)37-35(38-34)31-21-29(25-12-5-2-6-13-25)20-30(22-31)26-14-7-3-8-15-26/h2-24H. The van der Waals surface area contributed by atoms with Gasteiger partial charge in [-0.2, -0.15) is 0 Å². The van der Waals surface area contributed by atoms with Crippen LogP contribution in [0.15, 0.2) is 140 Å². The number of benzene rings is 5. The van der Waals surface area contributed by atoms with Crippen molar-refractivity contribution < 1.29 is 0 Å². The molecule has 1 heterocycles. The molecule has 0 saturated carbocycles. The summed E-state index contributed by atoms with van der Waals surface area (Å²) in [5, 5.41) is 0. The van der Waals surface area contributed by atoms with Gasteiger partial charge >= 0.3 is 0 Å². The van der Waals surface area contributed by atoms with Crippen LogP contribution in [0.3, 0.4) is 0 Å². The van der Waals surface area contributed by atoms with Crippen LogP contribution in [0.2, 0.25) is 0 Å². The zero-order chi connectivity index (χ0) is 25.7. The fourth-order valence-electron chi connectivity index (χ4n) is 4.57. The maximum atomic E-state index is 7.46. The molecule has 178 valence electrons. The average Bonchev–Trinajstić information content (AvgIpc) is 3.02. The Morgan fingerprint density at radius 3 is 1.42 bits per heavy atom. The highest BCUT2D eigenvalue weighted by Crippen LogP contribution is 2.34. The minimum atomic E-state index is 0.585. The summed E-state index contributed by atoms with van der Waals surface area (Å²) in [7, 11) is 0. The second kappa shape index (κ2) is 10.3. The molecule has 6 aromatic rings. The van der Waals surface area contributed by atoms with Crippen molar-refractivity contribution in [1.82, 2.24) is 9.97 Å². The summed E-state index contributed by atoms with van der Waals surface area (Å²) < 4.78 is 0. The zero-order valence-corrected chi connectivity index (χ0v) is 20.6. The average molecular weight is 486 g/mol. The predicted molar refractivity (Wildman–Crippen MR) is 155 cm³/mol. The molecule has 0 N–H and O–H groups in total. The molecule has 0 aliphatic carbocycles. The molecule has 0 radical (unpaired) electrons. The largest absolute Gasteiger partial charge is 0.238 e. The van der Waals surface area contributed by atoms with Gasteiger partial charge in [0.05, 0.1) is 18.0 Å². The Morgan fingerprint density at radius 2 is 0.868 bits per heavy atom. The van der Waals surface area contributed by atoms with Crippen LogP contribution in [0.1, 0.15) is 0 Å². The summed E-state index contributed by atoms with van der Waals surface area (Å²) in [6, 6.07) is 47.0.